The van der Waals surface area contributed by atoms with Crippen molar-refractivity contribution in [2.45, 2.75) is 31.3 Å². The van der Waals surface area contributed by atoms with Crippen molar-refractivity contribution >= 4 is 5.91 Å². The normalized spacial score (nSPS) is 25.2. The lowest BCUT2D eigenvalue weighted by Crippen LogP contribution is -2.61. The molecule has 0 aromatic heterocycles. The van der Waals surface area contributed by atoms with Crippen molar-refractivity contribution in [2.24, 2.45) is 5.73 Å². The van der Waals surface area contributed by atoms with Crippen molar-refractivity contribution < 1.29 is 4.79 Å². The van der Waals surface area contributed by atoms with Crippen LogP contribution in [0.15, 0.2) is 24.3 Å². The molecule has 1 amide bonds. The SMILES string of the molecule is C[C@@H]1CN(C(=O)C2(N)Cc3ccccc3C2)CCN1. The fourth-order valence-corrected chi connectivity index (χ4v) is 3.23. The summed E-state index contributed by atoms with van der Waals surface area (Å²) < 4.78 is 0. The Labute approximate surface area is 114 Å². The molecule has 102 valence electrons. The summed E-state index contributed by atoms with van der Waals surface area (Å²) in [5.74, 6) is 0.108. The van der Waals surface area contributed by atoms with E-state index in [4.69, 9.17) is 5.73 Å². The predicted molar refractivity (Wildman–Crippen MR) is 74.8 cm³/mol. The molecule has 2 aliphatic rings. The molecule has 1 aromatic rings. The maximum atomic E-state index is 12.7. The third kappa shape index (κ3) is 2.26. The predicted octanol–water partition coefficient (Wildman–Crippen LogP) is 0.303. The van der Waals surface area contributed by atoms with Gasteiger partial charge in [-0.2, -0.15) is 0 Å². The van der Waals surface area contributed by atoms with Crippen LogP contribution in [-0.4, -0.2) is 42.0 Å². The van der Waals surface area contributed by atoms with Gasteiger partial charge in [-0.1, -0.05) is 24.3 Å². The van der Waals surface area contributed by atoms with Gasteiger partial charge in [-0.05, 0) is 30.9 Å². The second kappa shape index (κ2) is 4.62. The Morgan fingerprint density at radius 2 is 2.00 bits per heavy atom. The summed E-state index contributed by atoms with van der Waals surface area (Å²) >= 11 is 0. The molecule has 4 nitrogen and oxygen atoms in total. The quantitative estimate of drug-likeness (QED) is 0.763. The largest absolute Gasteiger partial charge is 0.338 e. The highest BCUT2D eigenvalue weighted by molar-refractivity contribution is 5.88. The van der Waals surface area contributed by atoms with E-state index in [-0.39, 0.29) is 5.91 Å². The Hall–Kier alpha value is -1.39. The molecule has 0 spiro atoms. The molecule has 0 saturated carbocycles. The summed E-state index contributed by atoms with van der Waals surface area (Å²) in [4.78, 5) is 14.6. The number of fused-ring (bicyclic) bond motifs is 1. The molecular weight excluding hydrogens is 238 g/mol. The third-order valence-corrected chi connectivity index (χ3v) is 4.21. The van der Waals surface area contributed by atoms with Gasteiger partial charge in [0.1, 0.15) is 5.54 Å². The number of nitrogens with zero attached hydrogens (tertiary/aromatic N) is 1. The number of nitrogens with one attached hydrogen (secondary N) is 1. The van der Waals surface area contributed by atoms with Gasteiger partial charge in [0.25, 0.3) is 0 Å². The highest BCUT2D eigenvalue weighted by Crippen LogP contribution is 2.29. The smallest absolute Gasteiger partial charge is 0.243 e. The summed E-state index contributed by atoms with van der Waals surface area (Å²) in [5, 5.41) is 3.35. The van der Waals surface area contributed by atoms with Crippen LogP contribution in [0.5, 0.6) is 0 Å². The van der Waals surface area contributed by atoms with Crippen LogP contribution in [-0.2, 0) is 17.6 Å². The molecule has 4 heteroatoms. The van der Waals surface area contributed by atoms with Crippen molar-refractivity contribution in [3.63, 3.8) is 0 Å². The van der Waals surface area contributed by atoms with E-state index in [1.54, 1.807) is 0 Å². The minimum atomic E-state index is -0.735. The molecule has 1 aliphatic carbocycles. The highest BCUT2D eigenvalue weighted by Gasteiger charge is 2.43. The Morgan fingerprint density at radius 3 is 2.58 bits per heavy atom. The van der Waals surface area contributed by atoms with Gasteiger partial charge in [0.15, 0.2) is 0 Å². The summed E-state index contributed by atoms with van der Waals surface area (Å²) in [6.45, 7) is 4.48. The minimum absolute atomic E-state index is 0.108. The standard InChI is InChI=1S/C15H21N3O/c1-11-10-18(7-6-17-11)14(19)15(16)8-12-4-2-3-5-13(12)9-15/h2-5,11,17H,6-10,16H2,1H3/t11-/m1/s1. The van der Waals surface area contributed by atoms with Gasteiger partial charge in [-0.3, -0.25) is 4.79 Å². The Kier molecular flexibility index (Phi) is 3.07. The van der Waals surface area contributed by atoms with Crippen molar-refractivity contribution in [1.82, 2.24) is 10.2 Å². The lowest BCUT2D eigenvalue weighted by molar-refractivity contribution is -0.137. The second-order valence-electron chi connectivity index (χ2n) is 5.88. The lowest BCUT2D eigenvalue weighted by Gasteiger charge is -2.37. The number of carbonyl (C=O) groups is 1. The van der Waals surface area contributed by atoms with E-state index in [9.17, 15) is 4.79 Å². The zero-order chi connectivity index (χ0) is 13.5. The number of piperazine rings is 1. The molecule has 3 rings (SSSR count). The van der Waals surface area contributed by atoms with Crippen LogP contribution in [0.4, 0.5) is 0 Å². The van der Waals surface area contributed by atoms with Crippen LogP contribution in [0.3, 0.4) is 0 Å². The summed E-state index contributed by atoms with van der Waals surface area (Å²) in [5.41, 5.74) is 8.13. The van der Waals surface area contributed by atoms with Crippen LogP contribution in [0.1, 0.15) is 18.1 Å². The number of amides is 1. The van der Waals surface area contributed by atoms with Crippen LogP contribution >= 0.6 is 0 Å². The topological polar surface area (TPSA) is 58.4 Å². The molecule has 1 aliphatic heterocycles. The first-order valence-corrected chi connectivity index (χ1v) is 6.97. The first kappa shape index (κ1) is 12.6. The van der Waals surface area contributed by atoms with Crippen molar-refractivity contribution in [3.8, 4) is 0 Å². The Bertz CT molecular complexity index is 475. The molecular formula is C15H21N3O. The minimum Gasteiger partial charge on any atom is -0.338 e. The first-order chi connectivity index (χ1) is 9.08. The first-order valence-electron chi connectivity index (χ1n) is 6.97. The van der Waals surface area contributed by atoms with E-state index in [2.05, 4.69) is 24.4 Å². The van der Waals surface area contributed by atoms with Gasteiger partial charge in [0, 0.05) is 25.7 Å². The molecule has 1 aromatic carbocycles. The van der Waals surface area contributed by atoms with Gasteiger partial charge in [0.05, 0.1) is 0 Å². The lowest BCUT2D eigenvalue weighted by atomic mass is 9.94. The van der Waals surface area contributed by atoms with Gasteiger partial charge in [-0.15, -0.1) is 0 Å². The maximum absolute atomic E-state index is 12.7. The van der Waals surface area contributed by atoms with Gasteiger partial charge < -0.3 is 16.0 Å². The van der Waals surface area contributed by atoms with E-state index in [1.165, 1.54) is 11.1 Å². The number of benzene rings is 1. The number of hydrogen-bond acceptors (Lipinski definition) is 3. The molecule has 1 atom stereocenters. The van der Waals surface area contributed by atoms with Gasteiger partial charge >= 0.3 is 0 Å². The average molecular weight is 259 g/mol. The Morgan fingerprint density at radius 1 is 1.37 bits per heavy atom. The second-order valence-corrected chi connectivity index (χ2v) is 5.88. The monoisotopic (exact) mass is 259 g/mol. The molecule has 1 saturated heterocycles. The van der Waals surface area contributed by atoms with E-state index in [1.807, 2.05) is 17.0 Å². The Balaban J connectivity index is 1.77. The molecule has 3 N–H and O–H groups in total. The average Bonchev–Trinajstić information content (AvgIpc) is 2.75. The summed E-state index contributed by atoms with van der Waals surface area (Å²) in [6.07, 6.45) is 1.33. The highest BCUT2D eigenvalue weighted by atomic mass is 16.2. The summed E-state index contributed by atoms with van der Waals surface area (Å²) in [7, 11) is 0. The molecule has 19 heavy (non-hydrogen) atoms. The zero-order valence-corrected chi connectivity index (χ0v) is 11.4. The summed E-state index contributed by atoms with van der Waals surface area (Å²) in [6, 6.07) is 8.55. The van der Waals surface area contributed by atoms with Crippen molar-refractivity contribution in [3.05, 3.63) is 35.4 Å². The van der Waals surface area contributed by atoms with E-state index in [0.717, 1.165) is 19.6 Å². The van der Waals surface area contributed by atoms with Crippen molar-refractivity contribution in [2.75, 3.05) is 19.6 Å². The maximum Gasteiger partial charge on any atom is 0.243 e. The van der Waals surface area contributed by atoms with E-state index in [0.29, 0.717) is 18.9 Å². The zero-order valence-electron chi connectivity index (χ0n) is 11.4. The fraction of sp³-hybridized carbons (Fsp3) is 0.533. The number of carbonyl (C=O) groups excluding carboxylic acids is 1. The number of nitrogens with two attached hydrogens (primary N) is 1. The fourth-order valence-electron chi connectivity index (χ4n) is 3.23. The van der Waals surface area contributed by atoms with E-state index >= 15 is 0 Å². The van der Waals surface area contributed by atoms with E-state index < -0.39 is 5.54 Å². The number of rotatable bonds is 1. The molecule has 0 unspecified atom stereocenters. The van der Waals surface area contributed by atoms with Gasteiger partial charge in [-0.25, -0.2) is 0 Å². The van der Waals surface area contributed by atoms with Crippen LogP contribution < -0.4 is 11.1 Å². The molecule has 0 radical (unpaired) electrons. The molecule has 1 heterocycles. The number of hydrogen-bond donors (Lipinski definition) is 2. The third-order valence-electron chi connectivity index (χ3n) is 4.21. The van der Waals surface area contributed by atoms with Crippen molar-refractivity contribution in [1.29, 1.82) is 0 Å². The molecule has 1 fully saturated rings. The molecule has 0 bridgehead atoms. The van der Waals surface area contributed by atoms with Crippen LogP contribution in [0.2, 0.25) is 0 Å². The van der Waals surface area contributed by atoms with Crippen LogP contribution in [0.25, 0.3) is 0 Å². The van der Waals surface area contributed by atoms with Gasteiger partial charge in [0.2, 0.25) is 5.91 Å². The van der Waals surface area contributed by atoms with Crippen LogP contribution in [0, 0.1) is 0 Å².